The molecule has 7 heteroatoms. The maximum atomic E-state index is 13.4. The van der Waals surface area contributed by atoms with Crippen molar-refractivity contribution in [1.29, 1.82) is 0 Å². The van der Waals surface area contributed by atoms with Gasteiger partial charge in [0.1, 0.15) is 10.7 Å². The van der Waals surface area contributed by atoms with Crippen LogP contribution in [0.2, 0.25) is 5.02 Å². The summed E-state index contributed by atoms with van der Waals surface area (Å²) >= 11 is 7.50. The van der Waals surface area contributed by atoms with Gasteiger partial charge in [-0.15, -0.1) is 11.3 Å². The van der Waals surface area contributed by atoms with Crippen LogP contribution in [0, 0.1) is 11.7 Å². The van der Waals surface area contributed by atoms with Crippen molar-refractivity contribution in [2.45, 2.75) is 19.8 Å². The third-order valence-electron chi connectivity index (χ3n) is 4.11. The van der Waals surface area contributed by atoms with Gasteiger partial charge in [0, 0.05) is 23.2 Å². The number of halogens is 2. The molecule has 1 aromatic heterocycles. The van der Waals surface area contributed by atoms with E-state index >= 15 is 0 Å². The standard InChI is InChI=1S/C17H17ClFNO3S/c1-2-23-17(22)10-4-3-7-20(9-10)16(21)15-14(18)12-6-5-11(19)8-13(12)24-15/h5-6,8,10H,2-4,7,9H2,1H3. The molecule has 0 bridgehead atoms. The molecule has 1 fully saturated rings. The van der Waals surface area contributed by atoms with E-state index in [1.165, 1.54) is 23.5 Å². The molecule has 128 valence electrons. The van der Waals surface area contributed by atoms with Gasteiger partial charge in [0.25, 0.3) is 5.91 Å². The molecule has 24 heavy (non-hydrogen) atoms. The lowest BCUT2D eigenvalue weighted by Gasteiger charge is -2.31. The topological polar surface area (TPSA) is 46.6 Å². The first kappa shape index (κ1) is 17.2. The number of likely N-dealkylation sites (tertiary alicyclic amines) is 1. The summed E-state index contributed by atoms with van der Waals surface area (Å²) in [6, 6.07) is 4.28. The van der Waals surface area contributed by atoms with Crippen molar-refractivity contribution in [2.75, 3.05) is 19.7 Å². The maximum Gasteiger partial charge on any atom is 0.310 e. The summed E-state index contributed by atoms with van der Waals surface area (Å²) in [7, 11) is 0. The Morgan fingerprint density at radius 2 is 2.25 bits per heavy atom. The van der Waals surface area contributed by atoms with Crippen LogP contribution in [0.5, 0.6) is 0 Å². The van der Waals surface area contributed by atoms with Gasteiger partial charge in [-0.2, -0.15) is 0 Å². The van der Waals surface area contributed by atoms with Gasteiger partial charge in [-0.1, -0.05) is 11.6 Å². The Balaban J connectivity index is 1.83. The van der Waals surface area contributed by atoms with Crippen LogP contribution in [-0.4, -0.2) is 36.5 Å². The Kier molecular flexibility index (Phi) is 5.06. The summed E-state index contributed by atoms with van der Waals surface area (Å²) in [5.41, 5.74) is 0. The molecular weight excluding hydrogens is 353 g/mol. The number of esters is 1. The van der Waals surface area contributed by atoms with E-state index in [-0.39, 0.29) is 23.6 Å². The molecule has 1 aliphatic rings. The van der Waals surface area contributed by atoms with Gasteiger partial charge in [0.2, 0.25) is 0 Å². The van der Waals surface area contributed by atoms with Crippen molar-refractivity contribution in [3.8, 4) is 0 Å². The fraction of sp³-hybridized carbons (Fsp3) is 0.412. The number of amides is 1. The van der Waals surface area contributed by atoms with Gasteiger partial charge in [-0.25, -0.2) is 4.39 Å². The molecule has 2 aromatic rings. The second kappa shape index (κ2) is 7.07. The van der Waals surface area contributed by atoms with Crippen LogP contribution in [0.1, 0.15) is 29.4 Å². The highest BCUT2D eigenvalue weighted by Gasteiger charge is 2.31. The Morgan fingerprint density at radius 1 is 1.46 bits per heavy atom. The van der Waals surface area contributed by atoms with Crippen molar-refractivity contribution in [3.63, 3.8) is 0 Å². The molecule has 0 aliphatic carbocycles. The van der Waals surface area contributed by atoms with Gasteiger partial charge >= 0.3 is 5.97 Å². The average molecular weight is 370 g/mol. The van der Waals surface area contributed by atoms with Crippen LogP contribution in [0.25, 0.3) is 10.1 Å². The highest BCUT2D eigenvalue weighted by Crippen LogP contribution is 2.37. The number of nitrogens with zero attached hydrogens (tertiary/aromatic N) is 1. The summed E-state index contributed by atoms with van der Waals surface area (Å²) in [4.78, 5) is 26.8. The molecular formula is C17H17ClFNO3S. The second-order valence-corrected chi connectivity index (χ2v) is 7.16. The highest BCUT2D eigenvalue weighted by molar-refractivity contribution is 7.21. The number of hydrogen-bond donors (Lipinski definition) is 0. The first-order valence-corrected chi connectivity index (χ1v) is 9.04. The third kappa shape index (κ3) is 3.26. The van der Waals surface area contributed by atoms with Gasteiger partial charge in [0.15, 0.2) is 0 Å². The number of fused-ring (bicyclic) bond motifs is 1. The van der Waals surface area contributed by atoms with Gasteiger partial charge in [-0.05, 0) is 38.0 Å². The Morgan fingerprint density at radius 3 is 3.00 bits per heavy atom. The Bertz CT molecular complexity index is 791. The Hall–Kier alpha value is -1.66. The molecule has 4 nitrogen and oxygen atoms in total. The summed E-state index contributed by atoms with van der Waals surface area (Å²) in [6.07, 6.45) is 1.46. The predicted octanol–water partition coefficient (Wildman–Crippen LogP) is 4.11. The van der Waals surface area contributed by atoms with E-state index in [4.69, 9.17) is 16.3 Å². The smallest absolute Gasteiger partial charge is 0.310 e. The molecule has 1 unspecified atom stereocenters. The number of hydrogen-bond acceptors (Lipinski definition) is 4. The molecule has 3 rings (SSSR count). The van der Waals surface area contributed by atoms with Crippen LogP contribution in [-0.2, 0) is 9.53 Å². The minimum Gasteiger partial charge on any atom is -0.466 e. The quantitative estimate of drug-likeness (QED) is 0.765. The number of piperidine rings is 1. The van der Waals surface area contributed by atoms with Gasteiger partial charge < -0.3 is 9.64 Å². The third-order valence-corrected chi connectivity index (χ3v) is 5.76. The van der Waals surface area contributed by atoms with E-state index in [1.54, 1.807) is 17.9 Å². The van der Waals surface area contributed by atoms with E-state index in [0.29, 0.717) is 46.1 Å². The van der Waals surface area contributed by atoms with E-state index in [0.717, 1.165) is 6.42 Å². The van der Waals surface area contributed by atoms with Crippen LogP contribution >= 0.6 is 22.9 Å². The van der Waals surface area contributed by atoms with Gasteiger partial charge in [0.05, 0.1) is 17.5 Å². The van der Waals surface area contributed by atoms with Gasteiger partial charge in [-0.3, -0.25) is 9.59 Å². The molecule has 1 amide bonds. The van der Waals surface area contributed by atoms with Crippen LogP contribution < -0.4 is 0 Å². The highest BCUT2D eigenvalue weighted by atomic mass is 35.5. The van der Waals surface area contributed by atoms with Crippen LogP contribution in [0.15, 0.2) is 18.2 Å². The fourth-order valence-electron chi connectivity index (χ4n) is 2.93. The number of thiophene rings is 1. The number of ether oxygens (including phenoxy) is 1. The van der Waals surface area contributed by atoms with E-state index in [9.17, 15) is 14.0 Å². The summed E-state index contributed by atoms with van der Waals surface area (Å²) in [5, 5.41) is 1.02. The fourth-order valence-corrected chi connectivity index (χ4v) is 4.44. The van der Waals surface area contributed by atoms with Crippen molar-refractivity contribution >= 4 is 44.9 Å². The van der Waals surface area contributed by atoms with Crippen molar-refractivity contribution in [1.82, 2.24) is 4.90 Å². The monoisotopic (exact) mass is 369 g/mol. The maximum absolute atomic E-state index is 13.4. The van der Waals surface area contributed by atoms with E-state index in [2.05, 4.69) is 0 Å². The number of rotatable bonds is 3. The molecule has 2 heterocycles. The molecule has 1 aromatic carbocycles. The first-order chi connectivity index (χ1) is 11.5. The lowest BCUT2D eigenvalue weighted by Crippen LogP contribution is -2.42. The number of benzene rings is 1. The minimum atomic E-state index is -0.361. The lowest BCUT2D eigenvalue weighted by atomic mass is 9.98. The Labute approximate surface area is 148 Å². The second-order valence-electron chi connectivity index (χ2n) is 5.73. The number of carbonyl (C=O) groups excluding carboxylic acids is 2. The molecule has 1 atom stereocenters. The predicted molar refractivity (Wildman–Crippen MR) is 92.1 cm³/mol. The molecule has 1 aliphatic heterocycles. The zero-order chi connectivity index (χ0) is 17.3. The normalized spacial score (nSPS) is 18.0. The van der Waals surface area contributed by atoms with Crippen LogP contribution in [0.4, 0.5) is 4.39 Å². The average Bonchev–Trinajstić information content (AvgIpc) is 2.90. The van der Waals surface area contributed by atoms with E-state index in [1.807, 2.05) is 0 Å². The zero-order valence-electron chi connectivity index (χ0n) is 13.2. The molecule has 1 saturated heterocycles. The molecule has 0 radical (unpaired) electrons. The SMILES string of the molecule is CCOC(=O)C1CCCN(C(=O)c2sc3cc(F)ccc3c2Cl)C1. The molecule has 0 N–H and O–H groups in total. The largest absolute Gasteiger partial charge is 0.466 e. The number of carbonyl (C=O) groups is 2. The molecule has 0 spiro atoms. The lowest BCUT2D eigenvalue weighted by molar-refractivity contribution is -0.149. The van der Waals surface area contributed by atoms with Crippen molar-refractivity contribution in [2.24, 2.45) is 5.92 Å². The summed E-state index contributed by atoms with van der Waals surface area (Å²) in [5.74, 6) is -1.14. The first-order valence-electron chi connectivity index (χ1n) is 7.84. The van der Waals surface area contributed by atoms with Crippen molar-refractivity contribution in [3.05, 3.63) is 33.9 Å². The van der Waals surface area contributed by atoms with Crippen molar-refractivity contribution < 1.29 is 18.7 Å². The zero-order valence-corrected chi connectivity index (χ0v) is 14.8. The van der Waals surface area contributed by atoms with Crippen LogP contribution in [0.3, 0.4) is 0 Å². The minimum absolute atomic E-state index is 0.212. The van der Waals surface area contributed by atoms with E-state index < -0.39 is 0 Å². The summed E-state index contributed by atoms with van der Waals surface area (Å²) < 4.78 is 19.1. The molecule has 0 saturated carbocycles. The summed E-state index contributed by atoms with van der Waals surface area (Å²) in [6.45, 7) is 3.00.